The average Bonchev–Trinajstić information content (AvgIpc) is 3.07. The first-order valence-corrected chi connectivity index (χ1v) is 7.82. The fourth-order valence-corrected chi connectivity index (χ4v) is 3.38. The second-order valence-corrected chi connectivity index (χ2v) is 6.90. The third-order valence-corrected chi connectivity index (χ3v) is 5.33. The molecule has 0 heterocycles. The van der Waals surface area contributed by atoms with E-state index in [0.29, 0.717) is 18.4 Å². The first-order valence-electron chi connectivity index (χ1n) is 7.82. The van der Waals surface area contributed by atoms with Gasteiger partial charge < -0.3 is 4.74 Å². The molecule has 2 heteroatoms. The van der Waals surface area contributed by atoms with Gasteiger partial charge in [-0.05, 0) is 36.7 Å². The molecule has 0 bridgehead atoms. The maximum absolute atomic E-state index is 11.8. The smallest absolute Gasteiger partial charge is 0.308 e. The SMILES string of the molecule is CC(c1ccccc1)C1CC1(C)COC(=O)C1CCC1. The van der Waals surface area contributed by atoms with Gasteiger partial charge >= 0.3 is 5.97 Å². The molecule has 0 saturated heterocycles. The fourth-order valence-electron chi connectivity index (χ4n) is 3.38. The maximum Gasteiger partial charge on any atom is 0.308 e. The van der Waals surface area contributed by atoms with Crippen LogP contribution in [0.4, 0.5) is 0 Å². The Morgan fingerprint density at radius 2 is 2.05 bits per heavy atom. The summed E-state index contributed by atoms with van der Waals surface area (Å²) >= 11 is 0. The van der Waals surface area contributed by atoms with Crippen LogP contribution in [0.1, 0.15) is 51.0 Å². The molecule has 0 aromatic heterocycles. The second kappa shape index (κ2) is 5.23. The summed E-state index contributed by atoms with van der Waals surface area (Å²) in [4.78, 5) is 11.8. The van der Waals surface area contributed by atoms with Crippen molar-refractivity contribution in [2.45, 2.75) is 45.4 Å². The number of hydrogen-bond donors (Lipinski definition) is 0. The van der Waals surface area contributed by atoms with Crippen LogP contribution in [0.25, 0.3) is 0 Å². The zero-order valence-corrected chi connectivity index (χ0v) is 12.5. The maximum atomic E-state index is 11.8. The van der Waals surface area contributed by atoms with Crippen molar-refractivity contribution in [3.8, 4) is 0 Å². The van der Waals surface area contributed by atoms with E-state index >= 15 is 0 Å². The van der Waals surface area contributed by atoms with Crippen LogP contribution >= 0.6 is 0 Å². The highest BCUT2D eigenvalue weighted by molar-refractivity contribution is 5.73. The van der Waals surface area contributed by atoms with E-state index in [2.05, 4.69) is 44.2 Å². The van der Waals surface area contributed by atoms with Gasteiger partial charge in [-0.25, -0.2) is 0 Å². The fraction of sp³-hybridized carbons (Fsp3) is 0.611. The molecular weight excluding hydrogens is 248 g/mol. The Hall–Kier alpha value is -1.31. The van der Waals surface area contributed by atoms with E-state index in [-0.39, 0.29) is 17.3 Å². The van der Waals surface area contributed by atoms with Crippen LogP contribution in [0.2, 0.25) is 0 Å². The van der Waals surface area contributed by atoms with Crippen molar-refractivity contribution in [3.63, 3.8) is 0 Å². The van der Waals surface area contributed by atoms with Crippen LogP contribution in [0.15, 0.2) is 30.3 Å². The molecule has 20 heavy (non-hydrogen) atoms. The van der Waals surface area contributed by atoms with E-state index < -0.39 is 0 Å². The zero-order valence-electron chi connectivity index (χ0n) is 12.5. The van der Waals surface area contributed by atoms with Crippen molar-refractivity contribution >= 4 is 5.97 Å². The minimum atomic E-state index is 0.0375. The van der Waals surface area contributed by atoms with Crippen LogP contribution in [-0.4, -0.2) is 12.6 Å². The standard InChI is InChI=1S/C18H24O2/c1-13(14-7-4-3-5-8-14)16-11-18(16,2)12-20-17(19)15-9-6-10-15/h3-5,7-8,13,15-16H,6,9-12H2,1-2H3. The highest BCUT2D eigenvalue weighted by Crippen LogP contribution is 2.59. The normalized spacial score (nSPS) is 30.4. The number of ether oxygens (including phenoxy) is 1. The van der Waals surface area contributed by atoms with Crippen LogP contribution in [0, 0.1) is 17.3 Å². The molecule has 0 N–H and O–H groups in total. The lowest BCUT2D eigenvalue weighted by Crippen LogP contribution is -2.26. The Labute approximate surface area is 121 Å². The topological polar surface area (TPSA) is 26.3 Å². The first-order chi connectivity index (χ1) is 9.60. The molecule has 0 aliphatic heterocycles. The molecule has 2 aliphatic carbocycles. The predicted octanol–water partition coefficient (Wildman–Crippen LogP) is 4.16. The average molecular weight is 272 g/mol. The van der Waals surface area contributed by atoms with Crippen molar-refractivity contribution in [2.75, 3.05) is 6.61 Å². The summed E-state index contributed by atoms with van der Waals surface area (Å²) in [7, 11) is 0. The van der Waals surface area contributed by atoms with Gasteiger partial charge in [-0.15, -0.1) is 0 Å². The quantitative estimate of drug-likeness (QED) is 0.752. The van der Waals surface area contributed by atoms with Crippen LogP contribution in [0.5, 0.6) is 0 Å². The molecule has 2 aliphatic rings. The summed E-state index contributed by atoms with van der Waals surface area (Å²) in [6, 6.07) is 10.7. The van der Waals surface area contributed by atoms with Gasteiger partial charge in [-0.1, -0.05) is 50.6 Å². The molecular formula is C18H24O2. The van der Waals surface area contributed by atoms with Crippen molar-refractivity contribution in [2.24, 2.45) is 17.3 Å². The molecule has 2 fully saturated rings. The highest BCUT2D eigenvalue weighted by atomic mass is 16.5. The van der Waals surface area contributed by atoms with E-state index in [9.17, 15) is 4.79 Å². The lowest BCUT2D eigenvalue weighted by Gasteiger charge is -2.24. The molecule has 0 spiro atoms. The van der Waals surface area contributed by atoms with Gasteiger partial charge in [-0.3, -0.25) is 4.79 Å². The van der Waals surface area contributed by atoms with Gasteiger partial charge in [0.25, 0.3) is 0 Å². The number of carbonyl (C=O) groups is 1. The van der Waals surface area contributed by atoms with Crippen LogP contribution in [0.3, 0.4) is 0 Å². The highest BCUT2D eigenvalue weighted by Gasteiger charge is 2.53. The molecule has 108 valence electrons. The largest absolute Gasteiger partial charge is 0.465 e. The molecule has 3 rings (SSSR count). The molecule has 2 saturated carbocycles. The van der Waals surface area contributed by atoms with E-state index in [0.717, 1.165) is 12.8 Å². The molecule has 2 nitrogen and oxygen atoms in total. The van der Waals surface area contributed by atoms with E-state index in [1.54, 1.807) is 0 Å². The number of esters is 1. The van der Waals surface area contributed by atoms with Crippen molar-refractivity contribution < 1.29 is 9.53 Å². The van der Waals surface area contributed by atoms with Gasteiger partial charge in [-0.2, -0.15) is 0 Å². The molecule has 3 atom stereocenters. The second-order valence-electron chi connectivity index (χ2n) is 6.90. The Balaban J connectivity index is 1.52. The molecule has 3 unspecified atom stereocenters. The number of carbonyl (C=O) groups excluding carboxylic acids is 1. The summed E-state index contributed by atoms with van der Waals surface area (Å²) in [6.45, 7) is 5.15. The lowest BCUT2D eigenvalue weighted by atomic mass is 9.85. The van der Waals surface area contributed by atoms with Gasteiger partial charge in [0.1, 0.15) is 0 Å². The van der Waals surface area contributed by atoms with E-state index in [4.69, 9.17) is 4.74 Å². The van der Waals surface area contributed by atoms with Crippen LogP contribution in [-0.2, 0) is 9.53 Å². The number of rotatable bonds is 5. The Morgan fingerprint density at radius 3 is 2.65 bits per heavy atom. The summed E-state index contributed by atoms with van der Waals surface area (Å²) in [5.41, 5.74) is 1.58. The summed E-state index contributed by atoms with van der Waals surface area (Å²) in [6.07, 6.45) is 4.41. The third kappa shape index (κ3) is 2.61. The van der Waals surface area contributed by atoms with Crippen molar-refractivity contribution in [3.05, 3.63) is 35.9 Å². The number of hydrogen-bond acceptors (Lipinski definition) is 2. The molecule has 1 aromatic carbocycles. The van der Waals surface area contributed by atoms with Crippen LogP contribution < -0.4 is 0 Å². The lowest BCUT2D eigenvalue weighted by molar-refractivity contribution is -0.153. The zero-order chi connectivity index (χ0) is 14.2. The first kappa shape index (κ1) is 13.7. The Morgan fingerprint density at radius 1 is 1.35 bits per heavy atom. The molecule has 1 aromatic rings. The van der Waals surface area contributed by atoms with Gasteiger partial charge in [0.2, 0.25) is 0 Å². The van der Waals surface area contributed by atoms with Gasteiger partial charge in [0.05, 0.1) is 12.5 Å². The van der Waals surface area contributed by atoms with Crippen molar-refractivity contribution in [1.29, 1.82) is 0 Å². The summed E-state index contributed by atoms with van der Waals surface area (Å²) in [5, 5.41) is 0. The predicted molar refractivity (Wildman–Crippen MR) is 79.4 cm³/mol. The monoisotopic (exact) mass is 272 g/mol. The number of benzene rings is 1. The Kier molecular flexibility index (Phi) is 3.57. The summed E-state index contributed by atoms with van der Waals surface area (Å²) in [5.74, 6) is 1.42. The van der Waals surface area contributed by atoms with Gasteiger partial charge in [0.15, 0.2) is 0 Å². The molecule has 0 amide bonds. The van der Waals surface area contributed by atoms with Crippen molar-refractivity contribution in [1.82, 2.24) is 0 Å². The van der Waals surface area contributed by atoms with E-state index in [1.165, 1.54) is 18.4 Å². The third-order valence-electron chi connectivity index (χ3n) is 5.33. The van der Waals surface area contributed by atoms with Gasteiger partial charge in [0, 0.05) is 5.41 Å². The minimum Gasteiger partial charge on any atom is -0.465 e. The summed E-state index contributed by atoms with van der Waals surface area (Å²) < 4.78 is 5.55. The molecule has 0 radical (unpaired) electrons. The Bertz CT molecular complexity index is 477. The minimum absolute atomic E-state index is 0.0375. The van der Waals surface area contributed by atoms with E-state index in [1.807, 2.05) is 0 Å².